The highest BCUT2D eigenvalue weighted by molar-refractivity contribution is 7.98. The van der Waals surface area contributed by atoms with Crippen LogP contribution in [0.5, 0.6) is 0 Å². The number of carbonyl (C=O) groups excluding carboxylic acids is 1. The third kappa shape index (κ3) is 4.06. The normalized spacial score (nSPS) is 11.2. The predicted octanol–water partition coefficient (Wildman–Crippen LogP) is 2.87. The monoisotopic (exact) mass is 268 g/mol. The van der Waals surface area contributed by atoms with Gasteiger partial charge >= 0.3 is 5.97 Å². The van der Waals surface area contributed by atoms with E-state index in [4.69, 9.17) is 4.74 Å². The molecular formula is C11H16N4O2S. The Morgan fingerprint density at radius 1 is 1.56 bits per heavy atom. The molecule has 1 aromatic rings. The minimum atomic E-state index is -0.483. The Hall–Kier alpha value is -1.50. The SMILES string of the molecule is CCOC(=O)c1cnc(SC)nc1N=NC(C)C. The van der Waals surface area contributed by atoms with Crippen molar-refractivity contribution in [2.45, 2.75) is 32.0 Å². The second-order valence-corrected chi connectivity index (χ2v) is 4.40. The van der Waals surface area contributed by atoms with Gasteiger partial charge in [0.25, 0.3) is 0 Å². The highest BCUT2D eigenvalue weighted by Gasteiger charge is 2.15. The molecule has 0 saturated carbocycles. The first-order valence-corrected chi connectivity index (χ1v) is 6.80. The zero-order valence-electron chi connectivity index (χ0n) is 10.9. The average Bonchev–Trinajstić information content (AvgIpc) is 2.36. The van der Waals surface area contributed by atoms with Crippen molar-refractivity contribution in [3.8, 4) is 0 Å². The topological polar surface area (TPSA) is 76.8 Å². The average molecular weight is 268 g/mol. The summed E-state index contributed by atoms with van der Waals surface area (Å²) >= 11 is 1.37. The van der Waals surface area contributed by atoms with Gasteiger partial charge in [-0.2, -0.15) is 5.11 Å². The van der Waals surface area contributed by atoms with E-state index >= 15 is 0 Å². The Labute approximate surface area is 110 Å². The molecule has 0 aliphatic rings. The van der Waals surface area contributed by atoms with Gasteiger partial charge in [0.1, 0.15) is 5.56 Å². The molecule has 6 nitrogen and oxygen atoms in total. The van der Waals surface area contributed by atoms with Crippen LogP contribution in [0.2, 0.25) is 0 Å². The second-order valence-electron chi connectivity index (χ2n) is 3.62. The van der Waals surface area contributed by atoms with E-state index in [-0.39, 0.29) is 17.4 Å². The zero-order valence-corrected chi connectivity index (χ0v) is 11.7. The lowest BCUT2D eigenvalue weighted by atomic mass is 10.3. The Bertz CT molecular complexity index is 449. The predicted molar refractivity (Wildman–Crippen MR) is 69.4 cm³/mol. The van der Waals surface area contributed by atoms with Crippen LogP contribution >= 0.6 is 11.8 Å². The summed E-state index contributed by atoms with van der Waals surface area (Å²) in [6, 6.07) is 0.0349. The lowest BCUT2D eigenvalue weighted by Crippen LogP contribution is -2.07. The van der Waals surface area contributed by atoms with Crippen molar-refractivity contribution in [3.05, 3.63) is 11.8 Å². The van der Waals surface area contributed by atoms with Crippen LogP contribution in [0.4, 0.5) is 5.82 Å². The maximum atomic E-state index is 11.7. The molecule has 0 unspecified atom stereocenters. The Morgan fingerprint density at radius 2 is 2.28 bits per heavy atom. The van der Waals surface area contributed by atoms with E-state index in [1.165, 1.54) is 18.0 Å². The molecule has 1 heterocycles. The second kappa shape index (κ2) is 7.05. The summed E-state index contributed by atoms with van der Waals surface area (Å²) in [4.78, 5) is 19.9. The van der Waals surface area contributed by atoms with Crippen LogP contribution in [0.15, 0.2) is 21.6 Å². The van der Waals surface area contributed by atoms with Crippen LogP contribution in [0.3, 0.4) is 0 Å². The number of carbonyl (C=O) groups is 1. The van der Waals surface area contributed by atoms with E-state index in [1.54, 1.807) is 6.92 Å². The zero-order chi connectivity index (χ0) is 13.5. The summed E-state index contributed by atoms with van der Waals surface area (Å²) in [5.41, 5.74) is 0.235. The minimum absolute atomic E-state index is 0.0349. The van der Waals surface area contributed by atoms with Gasteiger partial charge in [0.05, 0.1) is 12.6 Å². The van der Waals surface area contributed by atoms with E-state index < -0.39 is 5.97 Å². The number of hydrogen-bond donors (Lipinski definition) is 0. The highest BCUT2D eigenvalue weighted by atomic mass is 32.2. The van der Waals surface area contributed by atoms with Gasteiger partial charge < -0.3 is 4.74 Å². The standard InChI is InChI=1S/C11H16N4O2S/c1-5-17-10(16)8-6-12-11(18-4)13-9(8)15-14-7(2)3/h6-7H,5H2,1-4H3. The Kier molecular flexibility index (Phi) is 5.70. The van der Waals surface area contributed by atoms with E-state index in [0.717, 1.165) is 0 Å². The smallest absolute Gasteiger partial charge is 0.343 e. The van der Waals surface area contributed by atoms with Gasteiger partial charge in [-0.05, 0) is 27.0 Å². The van der Waals surface area contributed by atoms with Gasteiger partial charge in [0.2, 0.25) is 0 Å². The largest absolute Gasteiger partial charge is 0.462 e. The number of azo groups is 1. The fourth-order valence-corrected chi connectivity index (χ4v) is 1.39. The van der Waals surface area contributed by atoms with Crippen molar-refractivity contribution in [3.63, 3.8) is 0 Å². The van der Waals surface area contributed by atoms with Crippen molar-refractivity contribution < 1.29 is 9.53 Å². The van der Waals surface area contributed by atoms with Crippen molar-refractivity contribution in [2.24, 2.45) is 10.2 Å². The van der Waals surface area contributed by atoms with Gasteiger partial charge in [-0.15, -0.1) is 5.11 Å². The molecular weight excluding hydrogens is 252 g/mol. The molecule has 18 heavy (non-hydrogen) atoms. The van der Waals surface area contributed by atoms with E-state index in [0.29, 0.717) is 11.8 Å². The lowest BCUT2D eigenvalue weighted by molar-refractivity contribution is 0.0526. The summed E-state index contributed by atoms with van der Waals surface area (Å²) in [6.45, 7) is 5.82. The molecule has 0 saturated heterocycles. The van der Waals surface area contributed by atoms with Crippen LogP contribution in [0.1, 0.15) is 31.1 Å². The fraction of sp³-hybridized carbons (Fsp3) is 0.545. The van der Waals surface area contributed by atoms with Gasteiger partial charge in [-0.25, -0.2) is 14.8 Å². The maximum absolute atomic E-state index is 11.7. The highest BCUT2D eigenvalue weighted by Crippen LogP contribution is 2.20. The van der Waals surface area contributed by atoms with Crippen LogP contribution in [0.25, 0.3) is 0 Å². The molecule has 0 aliphatic carbocycles. The van der Waals surface area contributed by atoms with Crippen LogP contribution in [0, 0.1) is 0 Å². The molecule has 98 valence electrons. The molecule has 0 fully saturated rings. The molecule has 0 aromatic carbocycles. The molecule has 0 aliphatic heterocycles. The Balaban J connectivity index is 3.11. The first kappa shape index (κ1) is 14.6. The summed E-state index contributed by atoms with van der Waals surface area (Å²) < 4.78 is 4.92. The molecule has 1 aromatic heterocycles. The van der Waals surface area contributed by atoms with Gasteiger partial charge in [0, 0.05) is 6.20 Å². The molecule has 0 N–H and O–H groups in total. The van der Waals surface area contributed by atoms with Crippen LogP contribution in [-0.4, -0.2) is 34.8 Å². The molecule has 0 atom stereocenters. The number of thioether (sulfide) groups is 1. The van der Waals surface area contributed by atoms with Crippen LogP contribution in [-0.2, 0) is 4.74 Å². The summed E-state index contributed by atoms with van der Waals surface area (Å²) in [7, 11) is 0. The van der Waals surface area contributed by atoms with Crippen molar-refractivity contribution in [1.82, 2.24) is 9.97 Å². The third-order valence-electron chi connectivity index (χ3n) is 1.81. The van der Waals surface area contributed by atoms with Crippen molar-refractivity contribution >= 4 is 23.5 Å². The van der Waals surface area contributed by atoms with E-state index in [2.05, 4.69) is 20.2 Å². The number of nitrogens with zero attached hydrogens (tertiary/aromatic N) is 4. The lowest BCUT2D eigenvalue weighted by Gasteiger charge is -2.04. The maximum Gasteiger partial charge on any atom is 0.343 e. The first-order chi connectivity index (χ1) is 8.58. The fourth-order valence-electron chi connectivity index (χ4n) is 1.05. The number of ether oxygens (including phenoxy) is 1. The van der Waals surface area contributed by atoms with E-state index in [9.17, 15) is 4.79 Å². The van der Waals surface area contributed by atoms with Crippen LogP contribution < -0.4 is 0 Å². The molecule has 0 radical (unpaired) electrons. The van der Waals surface area contributed by atoms with Gasteiger partial charge in [-0.1, -0.05) is 11.8 Å². The minimum Gasteiger partial charge on any atom is -0.462 e. The molecule has 7 heteroatoms. The third-order valence-corrected chi connectivity index (χ3v) is 2.37. The quantitative estimate of drug-likeness (QED) is 0.355. The summed E-state index contributed by atoms with van der Waals surface area (Å²) in [5, 5.41) is 8.51. The molecule has 0 bridgehead atoms. The van der Waals surface area contributed by atoms with Crippen molar-refractivity contribution in [2.75, 3.05) is 12.9 Å². The number of esters is 1. The summed E-state index contributed by atoms with van der Waals surface area (Å²) in [6.07, 6.45) is 3.27. The molecule has 1 rings (SSSR count). The number of aromatic nitrogens is 2. The van der Waals surface area contributed by atoms with Gasteiger partial charge in [0.15, 0.2) is 11.0 Å². The summed E-state index contributed by atoms with van der Waals surface area (Å²) in [5.74, 6) is -0.232. The Morgan fingerprint density at radius 3 is 2.83 bits per heavy atom. The van der Waals surface area contributed by atoms with Crippen molar-refractivity contribution in [1.29, 1.82) is 0 Å². The first-order valence-electron chi connectivity index (χ1n) is 5.57. The number of hydrogen-bond acceptors (Lipinski definition) is 7. The van der Waals surface area contributed by atoms with Gasteiger partial charge in [-0.3, -0.25) is 0 Å². The molecule has 0 amide bonds. The number of rotatable bonds is 5. The molecule has 0 spiro atoms. The van der Waals surface area contributed by atoms with E-state index in [1.807, 2.05) is 20.1 Å².